The Bertz CT molecular complexity index is 554. The van der Waals surface area contributed by atoms with E-state index in [1.165, 1.54) is 17.0 Å². The molecule has 1 aromatic carbocycles. The normalized spacial score (nSPS) is 21.6. The van der Waals surface area contributed by atoms with E-state index in [9.17, 15) is 24.2 Å². The monoisotopic (exact) mass is 296 g/mol. The molecule has 1 aromatic rings. The maximum atomic E-state index is 13.1. The molecule has 0 saturated carbocycles. The molecule has 1 aliphatic heterocycles. The Morgan fingerprint density at radius 1 is 1.29 bits per heavy atom. The number of aryl methyl sites for hydroxylation is 1. The Hall–Kier alpha value is -1.99. The molecule has 21 heavy (non-hydrogen) atoms. The molecule has 0 bridgehead atoms. The number of amides is 2. The van der Waals surface area contributed by atoms with Crippen molar-refractivity contribution in [3.05, 3.63) is 35.1 Å². The van der Waals surface area contributed by atoms with Crippen LogP contribution in [0.25, 0.3) is 0 Å². The van der Waals surface area contributed by atoms with Crippen molar-refractivity contribution < 1.29 is 24.2 Å². The fraction of sp³-hybridized carbons (Fsp3) is 0.429. The maximum Gasteiger partial charge on any atom is 0.249 e. The van der Waals surface area contributed by atoms with E-state index < -0.39 is 23.9 Å². The number of halogens is 1. The van der Waals surface area contributed by atoms with Crippen molar-refractivity contribution in [2.24, 2.45) is 5.73 Å². The van der Waals surface area contributed by atoms with Gasteiger partial charge in [0.1, 0.15) is 5.82 Å². The van der Waals surface area contributed by atoms with Crippen LogP contribution >= 0.6 is 0 Å². The van der Waals surface area contributed by atoms with Gasteiger partial charge < -0.3 is 20.8 Å². The number of benzene rings is 1. The van der Waals surface area contributed by atoms with E-state index in [-0.39, 0.29) is 37.4 Å². The van der Waals surface area contributed by atoms with Crippen LogP contribution < -0.4 is 5.73 Å². The molecule has 7 heteroatoms. The molecule has 1 saturated heterocycles. The first-order chi connectivity index (χ1) is 9.88. The van der Waals surface area contributed by atoms with Crippen molar-refractivity contribution in [2.75, 3.05) is 13.1 Å². The summed E-state index contributed by atoms with van der Waals surface area (Å²) in [4.78, 5) is 24.6. The topological polar surface area (TPSA) is 104 Å². The second-order valence-electron chi connectivity index (χ2n) is 5.10. The third kappa shape index (κ3) is 3.56. The number of β-amino-alcohol motifs (C(OH)–C–C–N with tert-alkyl or cyclic N) is 2. The summed E-state index contributed by atoms with van der Waals surface area (Å²) in [5, 5.41) is 18.8. The molecular formula is C14H17FN2O4. The molecule has 2 amide bonds. The van der Waals surface area contributed by atoms with E-state index in [0.717, 1.165) is 6.07 Å². The van der Waals surface area contributed by atoms with Crippen molar-refractivity contribution in [1.29, 1.82) is 0 Å². The molecule has 0 spiro atoms. The summed E-state index contributed by atoms with van der Waals surface area (Å²) >= 11 is 0. The average molecular weight is 296 g/mol. The number of nitrogens with two attached hydrogens (primary N) is 1. The Balaban J connectivity index is 2.00. The highest BCUT2D eigenvalue weighted by Crippen LogP contribution is 2.16. The number of hydrogen-bond donors (Lipinski definition) is 3. The number of likely N-dealkylation sites (tertiary alicyclic amines) is 1. The van der Waals surface area contributed by atoms with E-state index in [2.05, 4.69) is 0 Å². The highest BCUT2D eigenvalue weighted by Gasteiger charge is 2.32. The number of nitrogens with zero attached hydrogens (tertiary/aromatic N) is 1. The van der Waals surface area contributed by atoms with Crippen molar-refractivity contribution in [2.45, 2.75) is 25.0 Å². The lowest BCUT2D eigenvalue weighted by Crippen LogP contribution is -2.30. The molecule has 0 unspecified atom stereocenters. The molecule has 1 aliphatic rings. The molecule has 114 valence electrons. The van der Waals surface area contributed by atoms with Crippen LogP contribution in [0.3, 0.4) is 0 Å². The van der Waals surface area contributed by atoms with Gasteiger partial charge in [0, 0.05) is 25.1 Å². The number of primary amides is 1. The van der Waals surface area contributed by atoms with Gasteiger partial charge in [0.2, 0.25) is 11.8 Å². The lowest BCUT2D eigenvalue weighted by atomic mass is 10.0. The minimum atomic E-state index is -0.930. The molecule has 1 fully saturated rings. The van der Waals surface area contributed by atoms with Crippen LogP contribution in [-0.2, 0) is 11.2 Å². The quantitative estimate of drug-likeness (QED) is 0.691. The van der Waals surface area contributed by atoms with Gasteiger partial charge in [-0.1, -0.05) is 6.07 Å². The molecule has 2 rings (SSSR count). The smallest absolute Gasteiger partial charge is 0.249 e. The van der Waals surface area contributed by atoms with Crippen LogP contribution in [-0.4, -0.2) is 52.2 Å². The van der Waals surface area contributed by atoms with Crippen molar-refractivity contribution in [1.82, 2.24) is 4.90 Å². The van der Waals surface area contributed by atoms with Gasteiger partial charge in [-0.05, 0) is 24.1 Å². The summed E-state index contributed by atoms with van der Waals surface area (Å²) in [6.45, 7) is 0.179. The van der Waals surface area contributed by atoms with Crippen molar-refractivity contribution in [3.8, 4) is 0 Å². The third-order valence-electron chi connectivity index (χ3n) is 3.56. The first-order valence-electron chi connectivity index (χ1n) is 6.60. The zero-order valence-corrected chi connectivity index (χ0v) is 11.3. The molecule has 6 nitrogen and oxygen atoms in total. The predicted octanol–water partition coefficient (Wildman–Crippen LogP) is -0.579. The highest BCUT2D eigenvalue weighted by atomic mass is 19.1. The van der Waals surface area contributed by atoms with E-state index in [1.807, 2.05) is 0 Å². The number of rotatable bonds is 4. The molecule has 0 aliphatic carbocycles. The summed E-state index contributed by atoms with van der Waals surface area (Å²) < 4.78 is 13.1. The first-order valence-corrected chi connectivity index (χ1v) is 6.60. The SMILES string of the molecule is NC(=O)c1cc(F)ccc1CCC(=O)N1C[C@H](O)[C@@H](O)C1. The zero-order chi connectivity index (χ0) is 15.6. The molecule has 0 radical (unpaired) electrons. The maximum absolute atomic E-state index is 13.1. The number of carbonyl (C=O) groups excluding carboxylic acids is 2. The number of carbonyl (C=O) groups is 2. The Labute approximate surface area is 121 Å². The van der Waals surface area contributed by atoms with Gasteiger partial charge >= 0.3 is 0 Å². The standard InChI is InChI=1S/C14H17FN2O4/c15-9-3-1-8(10(5-9)14(16)21)2-4-13(20)17-6-11(18)12(19)7-17/h1,3,5,11-12,18-19H,2,4,6-7H2,(H2,16,21)/t11-,12-/m0/s1. The van der Waals surface area contributed by atoms with Crippen molar-refractivity contribution >= 4 is 11.8 Å². The van der Waals surface area contributed by atoms with Gasteiger partial charge in [0.15, 0.2) is 0 Å². The van der Waals surface area contributed by atoms with Crippen LogP contribution in [0.2, 0.25) is 0 Å². The van der Waals surface area contributed by atoms with Gasteiger partial charge in [0.25, 0.3) is 0 Å². The van der Waals surface area contributed by atoms with Gasteiger partial charge in [-0.15, -0.1) is 0 Å². The van der Waals surface area contributed by atoms with Gasteiger partial charge in [-0.2, -0.15) is 0 Å². The van der Waals surface area contributed by atoms with E-state index in [1.54, 1.807) is 0 Å². The molecule has 4 N–H and O–H groups in total. The molecular weight excluding hydrogens is 279 g/mol. The number of hydrogen-bond acceptors (Lipinski definition) is 4. The minimum absolute atomic E-state index is 0.0595. The predicted molar refractivity (Wildman–Crippen MR) is 71.8 cm³/mol. The summed E-state index contributed by atoms with van der Waals surface area (Å²) in [6, 6.07) is 3.68. The Kier molecular flexibility index (Phi) is 4.54. The minimum Gasteiger partial charge on any atom is -0.388 e. The van der Waals surface area contributed by atoms with Crippen LogP contribution in [0.1, 0.15) is 22.3 Å². The molecule has 1 heterocycles. The summed E-state index contributed by atoms with van der Waals surface area (Å²) in [5.74, 6) is -1.56. The third-order valence-corrected chi connectivity index (χ3v) is 3.56. The fourth-order valence-corrected chi connectivity index (χ4v) is 2.37. The van der Waals surface area contributed by atoms with E-state index >= 15 is 0 Å². The lowest BCUT2D eigenvalue weighted by Gasteiger charge is -2.15. The number of aliphatic hydroxyl groups excluding tert-OH is 2. The van der Waals surface area contributed by atoms with Gasteiger partial charge in [-0.25, -0.2) is 4.39 Å². The van der Waals surface area contributed by atoms with Crippen LogP contribution in [0.15, 0.2) is 18.2 Å². The van der Waals surface area contributed by atoms with Crippen LogP contribution in [0, 0.1) is 5.82 Å². The van der Waals surface area contributed by atoms with Crippen molar-refractivity contribution in [3.63, 3.8) is 0 Å². The molecule has 2 atom stereocenters. The zero-order valence-electron chi connectivity index (χ0n) is 11.3. The van der Waals surface area contributed by atoms with Gasteiger partial charge in [0.05, 0.1) is 12.2 Å². The fourth-order valence-electron chi connectivity index (χ4n) is 2.37. The van der Waals surface area contributed by atoms with Crippen LogP contribution in [0.4, 0.5) is 4.39 Å². The lowest BCUT2D eigenvalue weighted by molar-refractivity contribution is -0.130. The average Bonchev–Trinajstić information content (AvgIpc) is 2.77. The second kappa shape index (κ2) is 6.19. The summed E-state index contributed by atoms with van der Waals surface area (Å²) in [7, 11) is 0. The number of aliphatic hydroxyl groups is 2. The highest BCUT2D eigenvalue weighted by molar-refractivity contribution is 5.94. The Morgan fingerprint density at radius 2 is 1.90 bits per heavy atom. The first kappa shape index (κ1) is 15.4. The summed E-state index contributed by atoms with van der Waals surface area (Å²) in [6.07, 6.45) is -1.53. The van der Waals surface area contributed by atoms with Gasteiger partial charge in [-0.3, -0.25) is 9.59 Å². The summed E-state index contributed by atoms with van der Waals surface area (Å²) in [5.41, 5.74) is 5.74. The largest absolute Gasteiger partial charge is 0.388 e. The Morgan fingerprint density at radius 3 is 2.48 bits per heavy atom. The molecule has 0 aromatic heterocycles. The van der Waals surface area contributed by atoms with Crippen LogP contribution in [0.5, 0.6) is 0 Å². The van der Waals surface area contributed by atoms with E-state index in [0.29, 0.717) is 5.56 Å². The van der Waals surface area contributed by atoms with E-state index in [4.69, 9.17) is 5.73 Å². The second-order valence-corrected chi connectivity index (χ2v) is 5.10.